The van der Waals surface area contributed by atoms with Gasteiger partial charge >= 0.3 is 11.9 Å². The first-order chi connectivity index (χ1) is 12.2. The number of carboxylic acids is 2. The predicted octanol–water partition coefficient (Wildman–Crippen LogP) is 2.11. The second kappa shape index (κ2) is 5.18. The monoisotopic (exact) mass is 362 g/mol. The third-order valence-electron chi connectivity index (χ3n) is 8.54. The molecule has 4 saturated carbocycles. The van der Waals surface area contributed by atoms with Crippen LogP contribution in [0.5, 0.6) is 0 Å². The highest BCUT2D eigenvalue weighted by molar-refractivity contribution is 5.82. The lowest BCUT2D eigenvalue weighted by Gasteiger charge is -2.49. The number of aliphatic carboxylic acids is 2. The standard InChI is InChI=1S/C20H26O6/c1-10-11-4-5-12-19(9-21)7-3-6-18(2,17(25)26)14(19)13(16(23)24)20(12,8-11)15(10)22/h9,11-15,22H,1,3-8H2,2H3,(H,23,24)(H,25,26)/t11-,12+,13-,14-,15-,18-,19-,20-/m1/s1. The van der Waals surface area contributed by atoms with Gasteiger partial charge in [0.25, 0.3) is 0 Å². The summed E-state index contributed by atoms with van der Waals surface area (Å²) in [6.45, 7) is 5.61. The molecule has 4 aliphatic rings. The summed E-state index contributed by atoms with van der Waals surface area (Å²) in [5.41, 5.74) is -2.59. The Balaban J connectivity index is 2.00. The summed E-state index contributed by atoms with van der Waals surface area (Å²) in [6, 6.07) is 0. The Morgan fingerprint density at radius 3 is 2.50 bits per heavy atom. The first kappa shape index (κ1) is 17.7. The van der Waals surface area contributed by atoms with Crippen molar-refractivity contribution in [2.24, 2.45) is 39.9 Å². The Bertz CT molecular complexity index is 715. The molecule has 26 heavy (non-hydrogen) atoms. The van der Waals surface area contributed by atoms with Crippen LogP contribution in [0.2, 0.25) is 0 Å². The maximum Gasteiger partial charge on any atom is 0.309 e. The molecule has 8 atom stereocenters. The number of aliphatic hydroxyl groups is 1. The van der Waals surface area contributed by atoms with Gasteiger partial charge in [0, 0.05) is 16.7 Å². The summed E-state index contributed by atoms with van der Waals surface area (Å²) in [7, 11) is 0. The fraction of sp³-hybridized carbons (Fsp3) is 0.750. The number of carbonyl (C=O) groups is 3. The van der Waals surface area contributed by atoms with Crippen LogP contribution in [0.15, 0.2) is 12.2 Å². The Labute approximate surface area is 152 Å². The summed E-state index contributed by atoms with van der Waals surface area (Å²) < 4.78 is 0. The molecule has 4 fully saturated rings. The van der Waals surface area contributed by atoms with E-state index >= 15 is 0 Å². The van der Waals surface area contributed by atoms with Gasteiger partial charge in [0.2, 0.25) is 0 Å². The van der Waals surface area contributed by atoms with E-state index in [2.05, 4.69) is 6.58 Å². The number of hydrogen-bond acceptors (Lipinski definition) is 4. The van der Waals surface area contributed by atoms with Crippen molar-refractivity contribution in [1.29, 1.82) is 0 Å². The minimum absolute atomic E-state index is 0.0584. The average Bonchev–Trinajstić information content (AvgIpc) is 2.98. The zero-order valence-corrected chi connectivity index (χ0v) is 15.0. The van der Waals surface area contributed by atoms with Gasteiger partial charge < -0.3 is 20.1 Å². The van der Waals surface area contributed by atoms with Gasteiger partial charge in [-0.3, -0.25) is 9.59 Å². The first-order valence-corrected chi connectivity index (χ1v) is 9.46. The second-order valence-electron chi connectivity index (χ2n) is 9.22. The highest BCUT2D eigenvalue weighted by atomic mass is 16.4. The van der Waals surface area contributed by atoms with Gasteiger partial charge in [0.1, 0.15) is 6.29 Å². The van der Waals surface area contributed by atoms with Crippen LogP contribution in [-0.2, 0) is 14.4 Å². The second-order valence-corrected chi connectivity index (χ2v) is 9.22. The quantitative estimate of drug-likeness (QED) is 0.524. The van der Waals surface area contributed by atoms with Crippen molar-refractivity contribution in [3.8, 4) is 0 Å². The van der Waals surface area contributed by atoms with Gasteiger partial charge in [0.15, 0.2) is 0 Å². The summed E-state index contributed by atoms with van der Waals surface area (Å²) in [4.78, 5) is 37.1. The van der Waals surface area contributed by atoms with Gasteiger partial charge in [-0.05, 0) is 56.4 Å². The largest absolute Gasteiger partial charge is 0.481 e. The molecule has 142 valence electrons. The number of hydrogen-bond donors (Lipinski definition) is 3. The summed E-state index contributed by atoms with van der Waals surface area (Å²) >= 11 is 0. The highest BCUT2D eigenvalue weighted by Gasteiger charge is 2.79. The maximum absolute atomic E-state index is 12.5. The highest BCUT2D eigenvalue weighted by Crippen LogP contribution is 2.77. The van der Waals surface area contributed by atoms with Gasteiger partial charge in [-0.25, -0.2) is 0 Å². The molecule has 3 N–H and O–H groups in total. The van der Waals surface area contributed by atoms with E-state index in [-0.39, 0.29) is 11.8 Å². The minimum Gasteiger partial charge on any atom is -0.481 e. The van der Waals surface area contributed by atoms with E-state index in [4.69, 9.17) is 0 Å². The van der Waals surface area contributed by atoms with Crippen LogP contribution in [-0.4, -0.2) is 39.6 Å². The fourth-order valence-electron chi connectivity index (χ4n) is 7.65. The van der Waals surface area contributed by atoms with Gasteiger partial charge in [-0.2, -0.15) is 0 Å². The molecule has 0 heterocycles. The van der Waals surface area contributed by atoms with E-state index in [0.29, 0.717) is 37.7 Å². The molecule has 0 unspecified atom stereocenters. The normalized spacial score (nSPS) is 52.2. The Kier molecular flexibility index (Phi) is 3.53. The smallest absolute Gasteiger partial charge is 0.309 e. The van der Waals surface area contributed by atoms with Crippen LogP contribution in [0, 0.1) is 39.9 Å². The van der Waals surface area contributed by atoms with Crippen molar-refractivity contribution >= 4 is 18.2 Å². The molecular weight excluding hydrogens is 336 g/mol. The van der Waals surface area contributed by atoms with Crippen molar-refractivity contribution in [3.63, 3.8) is 0 Å². The van der Waals surface area contributed by atoms with Gasteiger partial charge in [-0.15, -0.1) is 0 Å². The van der Waals surface area contributed by atoms with Gasteiger partial charge in [0.05, 0.1) is 17.4 Å². The molecule has 1 spiro atoms. The van der Waals surface area contributed by atoms with Crippen molar-refractivity contribution in [2.45, 2.75) is 51.6 Å². The topological polar surface area (TPSA) is 112 Å². The Morgan fingerprint density at radius 1 is 1.23 bits per heavy atom. The molecular formula is C20H26O6. The first-order valence-electron chi connectivity index (χ1n) is 9.46. The van der Waals surface area contributed by atoms with Crippen LogP contribution in [0.25, 0.3) is 0 Å². The minimum atomic E-state index is -1.28. The van der Waals surface area contributed by atoms with Gasteiger partial charge in [-0.1, -0.05) is 13.0 Å². The summed E-state index contributed by atoms with van der Waals surface area (Å²) in [6.07, 6.45) is 3.23. The molecule has 0 aliphatic heterocycles. The van der Waals surface area contributed by atoms with E-state index in [1.807, 2.05) is 0 Å². The van der Waals surface area contributed by atoms with Crippen LogP contribution in [0.4, 0.5) is 0 Å². The molecule has 0 amide bonds. The van der Waals surface area contributed by atoms with Crippen molar-refractivity contribution in [2.75, 3.05) is 0 Å². The predicted molar refractivity (Wildman–Crippen MR) is 91.1 cm³/mol. The molecule has 6 nitrogen and oxygen atoms in total. The Hall–Kier alpha value is -1.69. The number of carbonyl (C=O) groups excluding carboxylic acids is 1. The lowest BCUT2D eigenvalue weighted by molar-refractivity contribution is -0.168. The SMILES string of the molecule is C=C1[C@@H]2CC[C@H]3[C@]4(C=O)CCC[C@@](C)(C(=O)O)[C@H]4[C@H](C(=O)O)[C@]3(C2)[C@@H]1O. The molecule has 0 aromatic heterocycles. The molecule has 4 aliphatic carbocycles. The average molecular weight is 362 g/mol. The molecule has 4 rings (SSSR count). The van der Waals surface area contributed by atoms with Crippen molar-refractivity contribution in [1.82, 2.24) is 0 Å². The number of fused-ring (bicyclic) bond motifs is 3. The lowest BCUT2D eigenvalue weighted by Crippen LogP contribution is -2.52. The zero-order valence-electron chi connectivity index (χ0n) is 15.0. The van der Waals surface area contributed by atoms with E-state index in [1.54, 1.807) is 6.92 Å². The Morgan fingerprint density at radius 2 is 1.92 bits per heavy atom. The lowest BCUT2D eigenvalue weighted by atomic mass is 9.53. The number of aliphatic hydroxyl groups excluding tert-OH is 1. The van der Waals surface area contributed by atoms with E-state index in [0.717, 1.165) is 12.7 Å². The van der Waals surface area contributed by atoms with Crippen LogP contribution < -0.4 is 0 Å². The van der Waals surface area contributed by atoms with E-state index in [9.17, 15) is 29.7 Å². The number of carboxylic acid groups (broad SMARTS) is 2. The van der Waals surface area contributed by atoms with Crippen LogP contribution in [0.3, 0.4) is 0 Å². The van der Waals surface area contributed by atoms with Crippen molar-refractivity contribution in [3.05, 3.63) is 12.2 Å². The fourth-order valence-corrected chi connectivity index (χ4v) is 7.65. The molecule has 0 saturated heterocycles. The van der Waals surface area contributed by atoms with Crippen molar-refractivity contribution < 1.29 is 29.7 Å². The summed E-state index contributed by atoms with van der Waals surface area (Å²) in [5.74, 6) is -4.23. The van der Waals surface area contributed by atoms with E-state index in [1.165, 1.54) is 0 Å². The molecule has 2 bridgehead atoms. The number of aldehydes is 1. The zero-order chi connectivity index (χ0) is 19.1. The summed E-state index contributed by atoms with van der Waals surface area (Å²) in [5, 5.41) is 31.3. The molecule has 6 heteroatoms. The molecule has 0 aromatic rings. The van der Waals surface area contributed by atoms with Crippen LogP contribution >= 0.6 is 0 Å². The number of rotatable bonds is 3. The maximum atomic E-state index is 12.5. The third kappa shape index (κ3) is 1.70. The third-order valence-corrected chi connectivity index (χ3v) is 8.54. The van der Waals surface area contributed by atoms with Crippen LogP contribution in [0.1, 0.15) is 45.4 Å². The van der Waals surface area contributed by atoms with E-state index < -0.39 is 46.1 Å². The molecule has 0 aromatic carbocycles. The molecule has 0 radical (unpaired) electrons.